The Labute approximate surface area is 148 Å². The largest absolute Gasteiger partial charge is 0.486 e. The molecule has 0 saturated carbocycles. The lowest BCUT2D eigenvalue weighted by Crippen LogP contribution is -2.40. The molecule has 1 N–H and O–H groups in total. The summed E-state index contributed by atoms with van der Waals surface area (Å²) in [5.74, 6) is 3.48. The fourth-order valence-electron chi connectivity index (χ4n) is 3.51. The van der Waals surface area contributed by atoms with E-state index in [1.54, 1.807) is 0 Å². The van der Waals surface area contributed by atoms with Crippen molar-refractivity contribution < 1.29 is 9.47 Å². The van der Waals surface area contributed by atoms with Crippen LogP contribution in [-0.2, 0) is 12.8 Å². The summed E-state index contributed by atoms with van der Waals surface area (Å²) in [7, 11) is 2.07. The minimum Gasteiger partial charge on any atom is -0.486 e. The monoisotopic (exact) mass is 340 g/mol. The van der Waals surface area contributed by atoms with Gasteiger partial charge in [-0.15, -0.1) is 0 Å². The molecule has 6 heteroatoms. The summed E-state index contributed by atoms with van der Waals surface area (Å²) >= 11 is 0. The molecule has 0 spiro atoms. The van der Waals surface area contributed by atoms with E-state index in [1.165, 1.54) is 11.3 Å². The highest BCUT2D eigenvalue weighted by atomic mass is 16.6. The Hall–Kier alpha value is -2.34. The SMILES string of the molecule is Cc1nc2c(c(N(C)CC3COc4ccccc4O3)n1)CCNCC2. The molecule has 2 aliphatic heterocycles. The molecule has 0 radical (unpaired) electrons. The average molecular weight is 340 g/mol. The van der Waals surface area contributed by atoms with Crippen molar-refractivity contribution in [3.63, 3.8) is 0 Å². The van der Waals surface area contributed by atoms with Gasteiger partial charge in [-0.1, -0.05) is 12.1 Å². The van der Waals surface area contributed by atoms with Crippen molar-refractivity contribution in [2.75, 3.05) is 38.2 Å². The van der Waals surface area contributed by atoms with E-state index in [4.69, 9.17) is 14.5 Å². The fourth-order valence-corrected chi connectivity index (χ4v) is 3.51. The summed E-state index contributed by atoms with van der Waals surface area (Å²) in [5, 5.41) is 3.44. The molecule has 0 aliphatic carbocycles. The van der Waals surface area contributed by atoms with Crippen LogP contribution in [0.25, 0.3) is 0 Å². The van der Waals surface area contributed by atoms with Crippen LogP contribution in [0.5, 0.6) is 11.5 Å². The number of hydrogen-bond acceptors (Lipinski definition) is 6. The maximum Gasteiger partial charge on any atom is 0.161 e. The van der Waals surface area contributed by atoms with Crippen molar-refractivity contribution in [1.29, 1.82) is 0 Å². The zero-order valence-electron chi connectivity index (χ0n) is 14.8. The number of nitrogens with zero attached hydrogens (tertiary/aromatic N) is 3. The zero-order valence-corrected chi connectivity index (χ0v) is 14.8. The highest BCUT2D eigenvalue weighted by Crippen LogP contribution is 2.31. The van der Waals surface area contributed by atoms with Gasteiger partial charge in [0.1, 0.15) is 18.2 Å². The number of ether oxygens (including phenoxy) is 2. The normalized spacial score (nSPS) is 19.0. The molecule has 3 heterocycles. The van der Waals surface area contributed by atoms with Crippen LogP contribution >= 0.6 is 0 Å². The number of aromatic nitrogens is 2. The lowest BCUT2D eigenvalue weighted by Gasteiger charge is -2.31. The van der Waals surface area contributed by atoms with Gasteiger partial charge in [0.05, 0.1) is 12.2 Å². The van der Waals surface area contributed by atoms with Gasteiger partial charge < -0.3 is 19.7 Å². The number of anilines is 1. The van der Waals surface area contributed by atoms with Gasteiger partial charge >= 0.3 is 0 Å². The summed E-state index contributed by atoms with van der Waals surface area (Å²) in [5.41, 5.74) is 2.43. The number of fused-ring (bicyclic) bond motifs is 2. The number of rotatable bonds is 3. The minimum atomic E-state index is -0.0188. The van der Waals surface area contributed by atoms with Crippen LogP contribution < -0.4 is 19.7 Å². The number of aryl methyl sites for hydroxylation is 1. The van der Waals surface area contributed by atoms with Gasteiger partial charge in [-0.05, 0) is 32.0 Å². The second kappa shape index (κ2) is 6.88. The Morgan fingerprint density at radius 3 is 2.84 bits per heavy atom. The molecule has 132 valence electrons. The molecule has 2 aromatic rings. The molecular formula is C19H24N4O2. The molecular weight excluding hydrogens is 316 g/mol. The molecule has 0 saturated heterocycles. The molecule has 1 aromatic carbocycles. The van der Waals surface area contributed by atoms with E-state index in [1.807, 2.05) is 31.2 Å². The Balaban J connectivity index is 1.54. The van der Waals surface area contributed by atoms with Crippen LogP contribution in [0.4, 0.5) is 5.82 Å². The van der Waals surface area contributed by atoms with Gasteiger partial charge in [0.15, 0.2) is 17.6 Å². The summed E-state index contributed by atoms with van der Waals surface area (Å²) in [6.45, 7) is 5.19. The van der Waals surface area contributed by atoms with E-state index >= 15 is 0 Å². The number of benzene rings is 1. The molecule has 1 unspecified atom stereocenters. The Morgan fingerprint density at radius 1 is 1.16 bits per heavy atom. The van der Waals surface area contributed by atoms with Crippen LogP contribution in [0.1, 0.15) is 17.1 Å². The molecule has 0 amide bonds. The molecule has 1 atom stereocenters. The molecule has 2 aliphatic rings. The molecule has 25 heavy (non-hydrogen) atoms. The van der Waals surface area contributed by atoms with Gasteiger partial charge in [-0.25, -0.2) is 9.97 Å². The summed E-state index contributed by atoms with van der Waals surface area (Å²) in [6.07, 6.45) is 1.89. The van der Waals surface area contributed by atoms with Crippen molar-refractivity contribution >= 4 is 5.82 Å². The summed E-state index contributed by atoms with van der Waals surface area (Å²) in [4.78, 5) is 11.6. The molecule has 0 bridgehead atoms. The number of likely N-dealkylation sites (N-methyl/N-ethyl adjacent to an activating group) is 1. The highest BCUT2D eigenvalue weighted by molar-refractivity contribution is 5.50. The summed E-state index contributed by atoms with van der Waals surface area (Å²) < 4.78 is 11.9. The van der Waals surface area contributed by atoms with E-state index in [0.29, 0.717) is 6.61 Å². The van der Waals surface area contributed by atoms with E-state index in [2.05, 4.69) is 22.2 Å². The number of para-hydroxylation sites is 2. The van der Waals surface area contributed by atoms with Crippen LogP contribution in [0.3, 0.4) is 0 Å². The van der Waals surface area contributed by atoms with Gasteiger partial charge in [0.25, 0.3) is 0 Å². The highest BCUT2D eigenvalue weighted by Gasteiger charge is 2.25. The molecule has 6 nitrogen and oxygen atoms in total. The fraction of sp³-hybridized carbons (Fsp3) is 0.474. The maximum atomic E-state index is 6.10. The first-order valence-corrected chi connectivity index (χ1v) is 8.87. The second-order valence-corrected chi connectivity index (χ2v) is 6.65. The first kappa shape index (κ1) is 16.1. The van der Waals surface area contributed by atoms with Crippen molar-refractivity contribution in [3.8, 4) is 11.5 Å². The lowest BCUT2D eigenvalue weighted by molar-refractivity contribution is 0.0959. The topological polar surface area (TPSA) is 59.5 Å². The van der Waals surface area contributed by atoms with Gasteiger partial charge in [0.2, 0.25) is 0 Å². The van der Waals surface area contributed by atoms with E-state index in [0.717, 1.165) is 55.6 Å². The third-order valence-corrected chi connectivity index (χ3v) is 4.68. The minimum absolute atomic E-state index is 0.0188. The standard InChI is InChI=1S/C19H24N4O2/c1-13-21-16-8-10-20-9-7-15(16)19(22-13)23(2)11-14-12-24-17-5-3-4-6-18(17)25-14/h3-6,14,20H,7-12H2,1-2H3. The first-order chi connectivity index (χ1) is 12.2. The Morgan fingerprint density at radius 2 is 1.96 bits per heavy atom. The van der Waals surface area contributed by atoms with Crippen molar-refractivity contribution in [2.45, 2.75) is 25.9 Å². The van der Waals surface area contributed by atoms with Crippen LogP contribution in [0, 0.1) is 6.92 Å². The smallest absolute Gasteiger partial charge is 0.161 e. The maximum absolute atomic E-state index is 6.10. The summed E-state index contributed by atoms with van der Waals surface area (Å²) in [6, 6.07) is 7.82. The quantitative estimate of drug-likeness (QED) is 0.919. The van der Waals surface area contributed by atoms with Crippen molar-refractivity contribution in [3.05, 3.63) is 41.3 Å². The van der Waals surface area contributed by atoms with Crippen LogP contribution in [0.2, 0.25) is 0 Å². The molecule has 0 fully saturated rings. The predicted octanol–water partition coefficient (Wildman–Crippen LogP) is 1.75. The lowest BCUT2D eigenvalue weighted by atomic mass is 10.1. The van der Waals surface area contributed by atoms with Crippen LogP contribution in [0.15, 0.2) is 24.3 Å². The van der Waals surface area contributed by atoms with E-state index < -0.39 is 0 Å². The Bertz CT molecular complexity index is 765. The third kappa shape index (κ3) is 3.39. The van der Waals surface area contributed by atoms with Crippen molar-refractivity contribution in [1.82, 2.24) is 15.3 Å². The van der Waals surface area contributed by atoms with Crippen LogP contribution in [-0.4, -0.2) is 49.4 Å². The van der Waals surface area contributed by atoms with Gasteiger partial charge in [-0.3, -0.25) is 0 Å². The number of nitrogens with one attached hydrogen (secondary N) is 1. The van der Waals surface area contributed by atoms with E-state index in [-0.39, 0.29) is 6.10 Å². The third-order valence-electron chi connectivity index (χ3n) is 4.68. The van der Waals surface area contributed by atoms with Gasteiger partial charge in [0, 0.05) is 25.6 Å². The average Bonchev–Trinajstić information content (AvgIpc) is 2.86. The first-order valence-electron chi connectivity index (χ1n) is 8.87. The molecule has 4 rings (SSSR count). The van der Waals surface area contributed by atoms with E-state index in [9.17, 15) is 0 Å². The Kier molecular flexibility index (Phi) is 4.44. The number of hydrogen-bond donors (Lipinski definition) is 1. The zero-order chi connectivity index (χ0) is 17.2. The second-order valence-electron chi connectivity index (χ2n) is 6.65. The predicted molar refractivity (Wildman–Crippen MR) is 96.7 cm³/mol. The van der Waals surface area contributed by atoms with Gasteiger partial charge in [-0.2, -0.15) is 0 Å². The van der Waals surface area contributed by atoms with Crippen molar-refractivity contribution in [2.24, 2.45) is 0 Å². The molecule has 1 aromatic heterocycles.